The van der Waals surface area contributed by atoms with Crippen molar-refractivity contribution in [1.29, 1.82) is 0 Å². The zero-order chi connectivity index (χ0) is 14.0. The van der Waals surface area contributed by atoms with Crippen LogP contribution in [0, 0.1) is 18.7 Å². The summed E-state index contributed by atoms with van der Waals surface area (Å²) in [7, 11) is 0. The largest absolute Gasteiger partial charge is 0.329 e. The summed E-state index contributed by atoms with van der Waals surface area (Å²) in [6.07, 6.45) is 2.64. The fourth-order valence-corrected chi connectivity index (χ4v) is 2.71. The lowest BCUT2D eigenvalue weighted by Crippen LogP contribution is -2.40. The highest BCUT2D eigenvalue weighted by Crippen LogP contribution is 2.34. The summed E-state index contributed by atoms with van der Waals surface area (Å²) in [5, 5.41) is 0. The molecule has 2 N–H and O–H groups in total. The van der Waals surface area contributed by atoms with Gasteiger partial charge in [0, 0.05) is 25.2 Å². The van der Waals surface area contributed by atoms with Gasteiger partial charge in [-0.25, -0.2) is 4.39 Å². The second-order valence-electron chi connectivity index (χ2n) is 5.99. The van der Waals surface area contributed by atoms with E-state index in [2.05, 4.69) is 18.7 Å². The van der Waals surface area contributed by atoms with E-state index < -0.39 is 0 Å². The third kappa shape index (κ3) is 3.54. The van der Waals surface area contributed by atoms with Gasteiger partial charge in [-0.05, 0) is 62.8 Å². The molecule has 0 aliphatic heterocycles. The van der Waals surface area contributed by atoms with Crippen molar-refractivity contribution < 1.29 is 4.39 Å². The Morgan fingerprint density at radius 1 is 1.37 bits per heavy atom. The van der Waals surface area contributed by atoms with Gasteiger partial charge in [-0.15, -0.1) is 0 Å². The number of halogens is 1. The van der Waals surface area contributed by atoms with Crippen molar-refractivity contribution in [2.75, 3.05) is 13.1 Å². The minimum absolute atomic E-state index is 0.122. The van der Waals surface area contributed by atoms with Gasteiger partial charge in [-0.1, -0.05) is 6.07 Å². The first kappa shape index (κ1) is 14.5. The van der Waals surface area contributed by atoms with Gasteiger partial charge in [0.15, 0.2) is 0 Å². The third-order valence-electron chi connectivity index (χ3n) is 4.05. The van der Waals surface area contributed by atoms with Crippen molar-refractivity contribution in [3.05, 3.63) is 35.1 Å². The summed E-state index contributed by atoms with van der Waals surface area (Å²) in [5.74, 6) is 0.638. The monoisotopic (exact) mass is 264 g/mol. The van der Waals surface area contributed by atoms with Crippen LogP contribution >= 0.6 is 0 Å². The maximum absolute atomic E-state index is 13.5. The zero-order valence-electron chi connectivity index (χ0n) is 12.2. The maximum Gasteiger partial charge on any atom is 0.123 e. The molecule has 3 heteroatoms. The standard InChI is InChI=1S/C16H25FN2/c1-11(2)19(10-13-5-6-13)16(9-18)15-8-14(17)7-4-12(15)3/h4,7-8,11,13,16H,5-6,9-10,18H2,1-3H3. The Morgan fingerprint density at radius 2 is 2.05 bits per heavy atom. The number of benzene rings is 1. The molecule has 1 aliphatic carbocycles. The van der Waals surface area contributed by atoms with E-state index in [1.165, 1.54) is 18.9 Å². The van der Waals surface area contributed by atoms with Crippen molar-refractivity contribution in [2.45, 2.75) is 45.7 Å². The molecule has 1 aromatic carbocycles. The predicted octanol–water partition coefficient (Wildman–Crippen LogP) is 3.25. The number of nitrogens with two attached hydrogens (primary N) is 1. The number of nitrogens with zero attached hydrogens (tertiary/aromatic N) is 1. The molecule has 0 heterocycles. The van der Waals surface area contributed by atoms with Gasteiger partial charge in [0.2, 0.25) is 0 Å². The number of hydrogen-bond acceptors (Lipinski definition) is 2. The van der Waals surface area contributed by atoms with Gasteiger partial charge >= 0.3 is 0 Å². The third-order valence-corrected chi connectivity index (χ3v) is 4.05. The molecule has 1 fully saturated rings. The molecule has 1 atom stereocenters. The Bertz CT molecular complexity index is 427. The van der Waals surface area contributed by atoms with Crippen molar-refractivity contribution in [3.63, 3.8) is 0 Å². The minimum Gasteiger partial charge on any atom is -0.329 e. The van der Waals surface area contributed by atoms with E-state index >= 15 is 0 Å². The van der Waals surface area contributed by atoms with Crippen LogP contribution in [0.3, 0.4) is 0 Å². The fraction of sp³-hybridized carbons (Fsp3) is 0.625. The minimum atomic E-state index is -0.172. The van der Waals surface area contributed by atoms with Crippen LogP contribution in [0.15, 0.2) is 18.2 Å². The van der Waals surface area contributed by atoms with Crippen LogP contribution in [0.2, 0.25) is 0 Å². The Labute approximate surface area is 115 Å². The Kier molecular flexibility index (Phi) is 4.58. The summed E-state index contributed by atoms with van der Waals surface area (Å²) < 4.78 is 13.5. The van der Waals surface area contributed by atoms with E-state index in [-0.39, 0.29) is 11.9 Å². The second-order valence-corrected chi connectivity index (χ2v) is 5.99. The van der Waals surface area contributed by atoms with Crippen LogP contribution in [0.5, 0.6) is 0 Å². The summed E-state index contributed by atoms with van der Waals surface area (Å²) in [5.41, 5.74) is 8.16. The summed E-state index contributed by atoms with van der Waals surface area (Å²) in [6.45, 7) is 8.04. The van der Waals surface area contributed by atoms with E-state index in [9.17, 15) is 4.39 Å². The lowest BCUT2D eigenvalue weighted by molar-refractivity contribution is 0.149. The Morgan fingerprint density at radius 3 is 2.58 bits per heavy atom. The van der Waals surface area contributed by atoms with E-state index in [1.807, 2.05) is 13.0 Å². The highest BCUT2D eigenvalue weighted by molar-refractivity contribution is 5.30. The van der Waals surface area contributed by atoms with Gasteiger partial charge in [0.25, 0.3) is 0 Å². The Hall–Kier alpha value is -0.930. The van der Waals surface area contributed by atoms with Crippen molar-refractivity contribution in [1.82, 2.24) is 4.90 Å². The van der Waals surface area contributed by atoms with Crippen LogP contribution in [0.4, 0.5) is 4.39 Å². The average molecular weight is 264 g/mol. The fourth-order valence-electron chi connectivity index (χ4n) is 2.71. The molecule has 0 aromatic heterocycles. The molecule has 0 saturated heterocycles. The summed E-state index contributed by atoms with van der Waals surface area (Å²) >= 11 is 0. The predicted molar refractivity (Wildman–Crippen MR) is 77.5 cm³/mol. The molecule has 0 radical (unpaired) electrons. The zero-order valence-corrected chi connectivity index (χ0v) is 12.2. The molecule has 0 bridgehead atoms. The first-order valence-corrected chi connectivity index (χ1v) is 7.24. The molecule has 19 heavy (non-hydrogen) atoms. The quantitative estimate of drug-likeness (QED) is 0.854. The van der Waals surface area contributed by atoms with Gasteiger partial charge < -0.3 is 5.73 Å². The van der Waals surface area contributed by atoms with Crippen LogP contribution in [-0.4, -0.2) is 24.0 Å². The molecule has 1 aliphatic rings. The second kappa shape index (κ2) is 6.02. The van der Waals surface area contributed by atoms with E-state index in [4.69, 9.17) is 5.73 Å². The van der Waals surface area contributed by atoms with Crippen LogP contribution in [-0.2, 0) is 0 Å². The van der Waals surface area contributed by atoms with E-state index in [1.54, 1.807) is 6.07 Å². The molecule has 2 rings (SSSR count). The van der Waals surface area contributed by atoms with Crippen molar-refractivity contribution in [3.8, 4) is 0 Å². The number of hydrogen-bond donors (Lipinski definition) is 1. The number of rotatable bonds is 6. The SMILES string of the molecule is Cc1ccc(F)cc1C(CN)N(CC1CC1)C(C)C. The molecule has 1 unspecified atom stereocenters. The molecule has 0 spiro atoms. The Balaban J connectivity index is 2.26. The molecule has 0 amide bonds. The highest BCUT2D eigenvalue weighted by atomic mass is 19.1. The van der Waals surface area contributed by atoms with Gasteiger partial charge in [0.1, 0.15) is 5.82 Å². The summed E-state index contributed by atoms with van der Waals surface area (Å²) in [4.78, 5) is 2.43. The van der Waals surface area contributed by atoms with E-state index in [0.717, 1.165) is 23.6 Å². The first-order valence-electron chi connectivity index (χ1n) is 7.24. The number of aryl methyl sites for hydroxylation is 1. The lowest BCUT2D eigenvalue weighted by atomic mass is 9.98. The normalized spacial score (nSPS) is 17.2. The van der Waals surface area contributed by atoms with Crippen molar-refractivity contribution >= 4 is 0 Å². The first-order chi connectivity index (χ1) is 9.02. The molecular weight excluding hydrogens is 239 g/mol. The van der Waals surface area contributed by atoms with Crippen LogP contribution in [0.1, 0.15) is 43.9 Å². The summed E-state index contributed by atoms with van der Waals surface area (Å²) in [6, 6.07) is 5.57. The van der Waals surface area contributed by atoms with Crippen LogP contribution in [0.25, 0.3) is 0 Å². The van der Waals surface area contributed by atoms with Crippen LogP contribution < -0.4 is 5.73 Å². The topological polar surface area (TPSA) is 29.3 Å². The lowest BCUT2D eigenvalue weighted by Gasteiger charge is -2.35. The molecule has 1 saturated carbocycles. The molecule has 1 aromatic rings. The average Bonchev–Trinajstić information content (AvgIpc) is 3.17. The van der Waals surface area contributed by atoms with Gasteiger partial charge in [0.05, 0.1) is 0 Å². The highest BCUT2D eigenvalue weighted by Gasteiger charge is 2.30. The maximum atomic E-state index is 13.5. The van der Waals surface area contributed by atoms with Gasteiger partial charge in [-0.2, -0.15) is 0 Å². The smallest absolute Gasteiger partial charge is 0.123 e. The molecule has 2 nitrogen and oxygen atoms in total. The van der Waals surface area contributed by atoms with E-state index in [0.29, 0.717) is 12.6 Å². The molecule has 106 valence electrons. The molecular formula is C16H25FN2. The van der Waals surface area contributed by atoms with Gasteiger partial charge in [-0.3, -0.25) is 4.90 Å². The van der Waals surface area contributed by atoms with Crippen molar-refractivity contribution in [2.24, 2.45) is 11.7 Å².